The maximum atomic E-state index is 12.6. The molecule has 2 fully saturated rings. The van der Waals surface area contributed by atoms with E-state index >= 15 is 0 Å². The van der Waals surface area contributed by atoms with Crippen LogP contribution in [0.5, 0.6) is 0 Å². The molecule has 3 rings (SSSR count). The van der Waals surface area contributed by atoms with Crippen LogP contribution in [0, 0.1) is 5.92 Å². The van der Waals surface area contributed by atoms with Crippen molar-refractivity contribution < 1.29 is 4.79 Å². The molecule has 1 saturated carbocycles. The van der Waals surface area contributed by atoms with Gasteiger partial charge in [-0.1, -0.05) is 38.0 Å². The fourth-order valence-electron chi connectivity index (χ4n) is 4.01. The molecule has 2 aliphatic rings. The smallest absolute Gasteiger partial charge is 0.225 e. The first kappa shape index (κ1) is 24.3. The average molecular weight is 531 g/mol. The first-order valence-corrected chi connectivity index (χ1v) is 11.6. The summed E-state index contributed by atoms with van der Waals surface area (Å²) in [6, 6.07) is 10.8. The Morgan fingerprint density at radius 1 is 1.24 bits per heavy atom. The summed E-state index contributed by atoms with van der Waals surface area (Å²) in [5.41, 5.74) is 0. The zero-order valence-corrected chi connectivity index (χ0v) is 20.7. The molecule has 7 heteroatoms. The lowest BCUT2D eigenvalue weighted by atomic mass is 10.1. The Morgan fingerprint density at radius 3 is 2.66 bits per heavy atom. The van der Waals surface area contributed by atoms with Crippen molar-refractivity contribution in [3.63, 3.8) is 0 Å². The molecule has 0 radical (unpaired) electrons. The Hall–Kier alpha value is -0.960. The van der Waals surface area contributed by atoms with Crippen LogP contribution in [0.4, 0.5) is 0 Å². The Kier molecular flexibility index (Phi) is 10.6. The number of nitrogens with one attached hydrogen (secondary N) is 2. The predicted octanol–water partition coefficient (Wildman–Crippen LogP) is 4.13. The SMILES string of the molecule is CCNC(=NCC(C)Sc1ccccc1)NC1CCN(C(=O)C2CCCC2)C1.I. The molecule has 1 amide bonds. The molecule has 1 aliphatic heterocycles. The number of hydrogen-bond donors (Lipinski definition) is 2. The van der Waals surface area contributed by atoms with Crippen molar-refractivity contribution in [2.24, 2.45) is 10.9 Å². The molecule has 0 bridgehead atoms. The minimum absolute atomic E-state index is 0. The van der Waals surface area contributed by atoms with Crippen molar-refractivity contribution in [3.05, 3.63) is 30.3 Å². The third-order valence-electron chi connectivity index (χ3n) is 5.48. The lowest BCUT2D eigenvalue weighted by molar-refractivity contribution is -0.134. The highest BCUT2D eigenvalue weighted by Gasteiger charge is 2.32. The Morgan fingerprint density at radius 2 is 1.97 bits per heavy atom. The largest absolute Gasteiger partial charge is 0.357 e. The number of rotatable bonds is 7. The van der Waals surface area contributed by atoms with E-state index in [0.717, 1.165) is 51.4 Å². The van der Waals surface area contributed by atoms with Crippen molar-refractivity contribution in [1.29, 1.82) is 0 Å². The maximum Gasteiger partial charge on any atom is 0.225 e. The summed E-state index contributed by atoms with van der Waals surface area (Å²) >= 11 is 1.85. The second-order valence-electron chi connectivity index (χ2n) is 7.86. The summed E-state index contributed by atoms with van der Waals surface area (Å²) < 4.78 is 0. The van der Waals surface area contributed by atoms with Crippen LogP contribution < -0.4 is 10.6 Å². The monoisotopic (exact) mass is 530 g/mol. The summed E-state index contributed by atoms with van der Waals surface area (Å²) in [6.45, 7) is 7.56. The van der Waals surface area contributed by atoms with Gasteiger partial charge in [-0.2, -0.15) is 0 Å². The number of carbonyl (C=O) groups excluding carboxylic acids is 1. The zero-order valence-electron chi connectivity index (χ0n) is 17.6. The fourth-order valence-corrected chi connectivity index (χ4v) is 4.94. The molecular formula is C22H35IN4OS. The van der Waals surface area contributed by atoms with Gasteiger partial charge in [0.1, 0.15) is 0 Å². The van der Waals surface area contributed by atoms with Gasteiger partial charge in [0, 0.05) is 41.7 Å². The van der Waals surface area contributed by atoms with Gasteiger partial charge in [0.05, 0.1) is 6.54 Å². The molecule has 2 atom stereocenters. The number of likely N-dealkylation sites (tertiary alicyclic amines) is 1. The highest BCUT2D eigenvalue weighted by atomic mass is 127. The van der Waals surface area contributed by atoms with Crippen molar-refractivity contribution >= 4 is 47.6 Å². The molecule has 2 unspecified atom stereocenters. The van der Waals surface area contributed by atoms with Gasteiger partial charge in [0.2, 0.25) is 5.91 Å². The molecule has 0 aromatic heterocycles. The molecule has 1 aromatic rings. The van der Waals surface area contributed by atoms with E-state index in [1.54, 1.807) is 0 Å². The second-order valence-corrected chi connectivity index (χ2v) is 9.37. The summed E-state index contributed by atoms with van der Waals surface area (Å²) in [6.07, 6.45) is 5.57. The Labute approximate surface area is 196 Å². The number of thioether (sulfide) groups is 1. The summed E-state index contributed by atoms with van der Waals surface area (Å²) in [4.78, 5) is 20.8. The number of aliphatic imine (C=N–C) groups is 1. The normalized spacial score (nSPS) is 21.0. The van der Waals surface area contributed by atoms with Crippen LogP contribution in [-0.4, -0.2) is 54.2 Å². The van der Waals surface area contributed by atoms with E-state index in [2.05, 4.69) is 53.6 Å². The van der Waals surface area contributed by atoms with E-state index in [9.17, 15) is 4.79 Å². The van der Waals surface area contributed by atoms with Crippen LogP contribution in [0.25, 0.3) is 0 Å². The van der Waals surface area contributed by atoms with E-state index in [1.807, 2.05) is 17.8 Å². The summed E-state index contributed by atoms with van der Waals surface area (Å²) in [5.74, 6) is 1.51. The van der Waals surface area contributed by atoms with Crippen molar-refractivity contribution in [1.82, 2.24) is 15.5 Å². The molecule has 29 heavy (non-hydrogen) atoms. The lowest BCUT2D eigenvalue weighted by Crippen LogP contribution is -2.45. The van der Waals surface area contributed by atoms with Crippen LogP contribution in [0.2, 0.25) is 0 Å². The van der Waals surface area contributed by atoms with E-state index in [4.69, 9.17) is 4.99 Å². The maximum absolute atomic E-state index is 12.6. The second kappa shape index (κ2) is 12.7. The summed E-state index contributed by atoms with van der Waals surface area (Å²) in [7, 11) is 0. The number of guanidine groups is 1. The standard InChI is InChI=1S/C22H34N4OS.HI/c1-3-23-22(24-15-17(2)28-20-11-5-4-6-12-20)25-19-13-14-26(16-19)21(27)18-9-7-8-10-18;/h4-6,11-12,17-19H,3,7-10,13-16H2,1-2H3,(H2,23,24,25);1H. The van der Waals surface area contributed by atoms with Gasteiger partial charge >= 0.3 is 0 Å². The molecule has 162 valence electrons. The van der Waals surface area contributed by atoms with E-state index < -0.39 is 0 Å². The molecule has 1 saturated heterocycles. The van der Waals surface area contributed by atoms with Crippen molar-refractivity contribution in [2.45, 2.75) is 62.1 Å². The Bertz CT molecular complexity index is 651. The number of carbonyl (C=O) groups is 1. The predicted molar refractivity (Wildman–Crippen MR) is 133 cm³/mol. The number of amides is 1. The first-order valence-electron chi connectivity index (χ1n) is 10.7. The van der Waals surface area contributed by atoms with Gasteiger partial charge < -0.3 is 15.5 Å². The van der Waals surface area contributed by atoms with Crippen LogP contribution in [0.3, 0.4) is 0 Å². The number of halogens is 1. The molecule has 1 heterocycles. The number of hydrogen-bond acceptors (Lipinski definition) is 3. The summed E-state index contributed by atoms with van der Waals surface area (Å²) in [5, 5.41) is 7.31. The van der Waals surface area contributed by atoms with E-state index in [1.165, 1.54) is 17.7 Å². The van der Waals surface area contributed by atoms with Crippen LogP contribution in [0.1, 0.15) is 46.0 Å². The van der Waals surface area contributed by atoms with Crippen LogP contribution in [-0.2, 0) is 4.79 Å². The zero-order chi connectivity index (χ0) is 19.8. The minimum Gasteiger partial charge on any atom is -0.357 e. The highest BCUT2D eigenvalue weighted by Crippen LogP contribution is 2.28. The molecule has 2 N–H and O–H groups in total. The third-order valence-corrected chi connectivity index (χ3v) is 6.57. The van der Waals surface area contributed by atoms with Crippen molar-refractivity contribution in [2.75, 3.05) is 26.2 Å². The molecule has 0 spiro atoms. The highest BCUT2D eigenvalue weighted by molar-refractivity contribution is 14.0. The number of nitrogens with zero attached hydrogens (tertiary/aromatic N) is 2. The van der Waals surface area contributed by atoms with E-state index in [-0.39, 0.29) is 29.9 Å². The minimum atomic E-state index is 0. The average Bonchev–Trinajstić information content (AvgIpc) is 3.39. The van der Waals surface area contributed by atoms with Gasteiger partial charge in [0.25, 0.3) is 0 Å². The molecule has 5 nitrogen and oxygen atoms in total. The Balaban J connectivity index is 0.00000300. The van der Waals surface area contributed by atoms with Gasteiger partial charge in [-0.05, 0) is 38.3 Å². The third kappa shape index (κ3) is 7.66. The fraction of sp³-hybridized carbons (Fsp3) is 0.636. The topological polar surface area (TPSA) is 56.7 Å². The van der Waals surface area contributed by atoms with Gasteiger partial charge in [-0.25, -0.2) is 0 Å². The molecule has 1 aliphatic carbocycles. The quantitative estimate of drug-likeness (QED) is 0.241. The van der Waals surface area contributed by atoms with E-state index in [0.29, 0.717) is 17.2 Å². The number of benzene rings is 1. The molecular weight excluding hydrogens is 495 g/mol. The van der Waals surface area contributed by atoms with Gasteiger partial charge in [-0.15, -0.1) is 35.7 Å². The first-order chi connectivity index (χ1) is 13.7. The van der Waals surface area contributed by atoms with Gasteiger partial charge in [-0.3, -0.25) is 9.79 Å². The van der Waals surface area contributed by atoms with Crippen molar-refractivity contribution in [3.8, 4) is 0 Å². The van der Waals surface area contributed by atoms with Gasteiger partial charge in [0.15, 0.2) is 5.96 Å². The lowest BCUT2D eigenvalue weighted by Gasteiger charge is -2.21. The van der Waals surface area contributed by atoms with Crippen LogP contribution in [0.15, 0.2) is 40.2 Å². The molecule has 1 aromatic carbocycles. The van der Waals surface area contributed by atoms with Crippen LogP contribution >= 0.6 is 35.7 Å².